The van der Waals surface area contributed by atoms with Gasteiger partial charge < -0.3 is 4.74 Å². The number of nitrogens with one attached hydrogen (secondary N) is 1. The van der Waals surface area contributed by atoms with Crippen LogP contribution < -0.4 is 10.2 Å². The minimum Gasteiger partial charge on any atom is -0.494 e. The van der Waals surface area contributed by atoms with Gasteiger partial charge >= 0.3 is 0 Å². The van der Waals surface area contributed by atoms with E-state index in [4.69, 9.17) is 4.74 Å². The first-order valence-electron chi connectivity index (χ1n) is 6.37. The van der Waals surface area contributed by atoms with Crippen LogP contribution in [0.3, 0.4) is 0 Å². The van der Waals surface area contributed by atoms with Gasteiger partial charge in [-0.05, 0) is 55.3 Å². The second-order valence-electron chi connectivity index (χ2n) is 4.19. The van der Waals surface area contributed by atoms with Gasteiger partial charge in [0.2, 0.25) is 0 Å². The first-order chi connectivity index (χ1) is 9.29. The molecule has 0 saturated heterocycles. The van der Waals surface area contributed by atoms with Gasteiger partial charge in [0.25, 0.3) is 0 Å². The van der Waals surface area contributed by atoms with Crippen molar-refractivity contribution >= 4 is 11.9 Å². The van der Waals surface area contributed by atoms with Crippen molar-refractivity contribution in [1.29, 1.82) is 0 Å². The molecule has 0 saturated carbocycles. The van der Waals surface area contributed by atoms with E-state index in [1.165, 1.54) is 0 Å². The number of aryl methyl sites for hydroxylation is 1. The highest BCUT2D eigenvalue weighted by Gasteiger charge is 1.98. The van der Waals surface area contributed by atoms with Crippen LogP contribution in [0.4, 0.5) is 5.69 Å². The van der Waals surface area contributed by atoms with Crippen molar-refractivity contribution in [3.63, 3.8) is 0 Å². The fourth-order valence-corrected chi connectivity index (χ4v) is 1.76. The van der Waals surface area contributed by atoms with Gasteiger partial charge in [-0.1, -0.05) is 18.2 Å². The lowest BCUT2D eigenvalue weighted by Crippen LogP contribution is -1.95. The molecule has 0 heterocycles. The van der Waals surface area contributed by atoms with E-state index >= 15 is 0 Å². The standard InChI is InChI=1S/C16H18N2O/c1-3-19-16-10-9-14(11-13(16)2)12-17-18-15-7-5-4-6-8-15/h4-12,18H,3H2,1-2H3. The average molecular weight is 254 g/mol. The van der Waals surface area contributed by atoms with Gasteiger partial charge in [-0.2, -0.15) is 5.10 Å². The summed E-state index contributed by atoms with van der Waals surface area (Å²) in [6.45, 7) is 4.70. The van der Waals surface area contributed by atoms with Crippen molar-refractivity contribution in [3.05, 3.63) is 59.7 Å². The molecule has 3 nitrogen and oxygen atoms in total. The fraction of sp³-hybridized carbons (Fsp3) is 0.188. The van der Waals surface area contributed by atoms with E-state index in [9.17, 15) is 0 Å². The first-order valence-corrected chi connectivity index (χ1v) is 6.37. The Morgan fingerprint density at radius 2 is 1.95 bits per heavy atom. The van der Waals surface area contributed by atoms with Crippen LogP contribution in [0.1, 0.15) is 18.1 Å². The quantitative estimate of drug-likeness (QED) is 0.649. The van der Waals surface area contributed by atoms with Gasteiger partial charge in [0.05, 0.1) is 18.5 Å². The number of nitrogens with zero attached hydrogens (tertiary/aromatic N) is 1. The molecule has 2 aromatic rings. The number of rotatable bonds is 5. The zero-order valence-corrected chi connectivity index (χ0v) is 11.3. The molecule has 0 aliphatic carbocycles. The van der Waals surface area contributed by atoms with Crippen molar-refractivity contribution in [2.75, 3.05) is 12.0 Å². The van der Waals surface area contributed by atoms with Crippen LogP contribution in [0.25, 0.3) is 0 Å². The van der Waals surface area contributed by atoms with E-state index in [1.54, 1.807) is 6.21 Å². The maximum atomic E-state index is 5.51. The summed E-state index contributed by atoms with van der Waals surface area (Å²) in [6.07, 6.45) is 1.80. The van der Waals surface area contributed by atoms with Gasteiger partial charge in [-0.25, -0.2) is 0 Å². The third-order valence-electron chi connectivity index (χ3n) is 2.68. The molecule has 19 heavy (non-hydrogen) atoms. The maximum absolute atomic E-state index is 5.51. The van der Waals surface area contributed by atoms with Crippen molar-refractivity contribution in [1.82, 2.24) is 0 Å². The summed E-state index contributed by atoms with van der Waals surface area (Å²) in [5.74, 6) is 0.927. The van der Waals surface area contributed by atoms with E-state index in [1.807, 2.05) is 56.3 Å². The molecular formula is C16H18N2O. The number of hydrogen-bond acceptors (Lipinski definition) is 3. The highest BCUT2D eigenvalue weighted by molar-refractivity contribution is 5.80. The van der Waals surface area contributed by atoms with Crippen molar-refractivity contribution < 1.29 is 4.74 Å². The van der Waals surface area contributed by atoms with Crippen LogP contribution in [0.15, 0.2) is 53.6 Å². The molecule has 0 atom stereocenters. The Balaban J connectivity index is 2.01. The number of anilines is 1. The molecule has 3 heteroatoms. The van der Waals surface area contributed by atoms with E-state index in [-0.39, 0.29) is 0 Å². The Hall–Kier alpha value is -2.29. The zero-order valence-electron chi connectivity index (χ0n) is 11.3. The molecule has 98 valence electrons. The molecule has 0 fully saturated rings. The predicted molar refractivity (Wildman–Crippen MR) is 80.0 cm³/mol. The summed E-state index contributed by atoms with van der Waals surface area (Å²) in [6, 6.07) is 15.9. The lowest BCUT2D eigenvalue weighted by Gasteiger charge is -2.07. The zero-order chi connectivity index (χ0) is 13.5. The third kappa shape index (κ3) is 3.85. The van der Waals surface area contributed by atoms with E-state index in [0.717, 1.165) is 22.6 Å². The molecule has 0 radical (unpaired) electrons. The lowest BCUT2D eigenvalue weighted by atomic mass is 10.1. The number of ether oxygens (including phenoxy) is 1. The van der Waals surface area contributed by atoms with E-state index < -0.39 is 0 Å². The molecule has 2 aromatic carbocycles. The van der Waals surface area contributed by atoms with Crippen LogP contribution >= 0.6 is 0 Å². The fourth-order valence-electron chi connectivity index (χ4n) is 1.76. The minimum absolute atomic E-state index is 0.684. The smallest absolute Gasteiger partial charge is 0.122 e. The van der Waals surface area contributed by atoms with E-state index in [2.05, 4.69) is 16.6 Å². The number of hydrazone groups is 1. The second kappa shape index (κ2) is 6.59. The van der Waals surface area contributed by atoms with Crippen LogP contribution in [0.2, 0.25) is 0 Å². The minimum atomic E-state index is 0.684. The van der Waals surface area contributed by atoms with Gasteiger partial charge in [0, 0.05) is 0 Å². The number of benzene rings is 2. The topological polar surface area (TPSA) is 33.6 Å². The van der Waals surface area contributed by atoms with Gasteiger partial charge in [-0.3, -0.25) is 5.43 Å². The second-order valence-corrected chi connectivity index (χ2v) is 4.19. The van der Waals surface area contributed by atoms with Gasteiger partial charge in [-0.15, -0.1) is 0 Å². The molecule has 0 bridgehead atoms. The molecule has 0 amide bonds. The Morgan fingerprint density at radius 1 is 1.16 bits per heavy atom. The summed E-state index contributed by atoms with van der Waals surface area (Å²) in [7, 11) is 0. The highest BCUT2D eigenvalue weighted by atomic mass is 16.5. The predicted octanol–water partition coefficient (Wildman–Crippen LogP) is 3.84. The first kappa shape index (κ1) is 13.1. The summed E-state index contributed by atoms with van der Waals surface area (Å²) in [5, 5.41) is 4.21. The Bertz CT molecular complexity index is 550. The molecule has 0 spiro atoms. The SMILES string of the molecule is CCOc1ccc(C=NNc2ccccc2)cc1C. The Labute approximate surface area is 113 Å². The van der Waals surface area contributed by atoms with Crippen LogP contribution in [-0.2, 0) is 0 Å². The van der Waals surface area contributed by atoms with Crippen LogP contribution in [0.5, 0.6) is 5.75 Å². The average Bonchev–Trinajstić information content (AvgIpc) is 2.43. The summed E-state index contributed by atoms with van der Waals surface area (Å²) < 4.78 is 5.51. The molecule has 0 aliphatic rings. The monoisotopic (exact) mass is 254 g/mol. The molecule has 0 aliphatic heterocycles. The molecule has 0 unspecified atom stereocenters. The van der Waals surface area contributed by atoms with Crippen molar-refractivity contribution in [3.8, 4) is 5.75 Å². The lowest BCUT2D eigenvalue weighted by molar-refractivity contribution is 0.338. The Kier molecular flexibility index (Phi) is 4.56. The third-order valence-corrected chi connectivity index (χ3v) is 2.68. The molecule has 0 aromatic heterocycles. The van der Waals surface area contributed by atoms with Crippen LogP contribution in [-0.4, -0.2) is 12.8 Å². The Morgan fingerprint density at radius 3 is 2.63 bits per heavy atom. The van der Waals surface area contributed by atoms with Gasteiger partial charge in [0.1, 0.15) is 5.75 Å². The van der Waals surface area contributed by atoms with Crippen molar-refractivity contribution in [2.45, 2.75) is 13.8 Å². The maximum Gasteiger partial charge on any atom is 0.122 e. The highest BCUT2D eigenvalue weighted by Crippen LogP contribution is 2.18. The number of hydrogen-bond donors (Lipinski definition) is 1. The summed E-state index contributed by atoms with van der Waals surface area (Å²) >= 11 is 0. The summed E-state index contributed by atoms with van der Waals surface area (Å²) in [5.41, 5.74) is 6.13. The number of para-hydroxylation sites is 1. The van der Waals surface area contributed by atoms with Crippen LogP contribution in [0, 0.1) is 6.92 Å². The molecule has 1 N–H and O–H groups in total. The molecular weight excluding hydrogens is 236 g/mol. The largest absolute Gasteiger partial charge is 0.494 e. The summed E-state index contributed by atoms with van der Waals surface area (Å²) in [4.78, 5) is 0. The normalized spacial score (nSPS) is 10.6. The van der Waals surface area contributed by atoms with Crippen molar-refractivity contribution in [2.24, 2.45) is 5.10 Å². The molecule has 2 rings (SSSR count). The van der Waals surface area contributed by atoms with E-state index in [0.29, 0.717) is 6.61 Å². The van der Waals surface area contributed by atoms with Gasteiger partial charge in [0.15, 0.2) is 0 Å².